The molecule has 0 bridgehead atoms. The van der Waals surface area contributed by atoms with Crippen LogP contribution in [0.25, 0.3) is 0 Å². The second-order valence-electron chi connectivity index (χ2n) is 1.74. The third-order valence-electron chi connectivity index (χ3n) is 1.00. The molecule has 0 unspecified atom stereocenters. The summed E-state index contributed by atoms with van der Waals surface area (Å²) in [6, 6.07) is 1.48. The van der Waals surface area contributed by atoms with Gasteiger partial charge >= 0.3 is 0 Å². The maximum Gasteiger partial charge on any atom is 0.192 e. The largest absolute Gasteiger partial charge is 0.320 e. The molecule has 0 aliphatic carbocycles. The van der Waals surface area contributed by atoms with E-state index in [-0.39, 0.29) is 6.42 Å². The first-order valence-electron chi connectivity index (χ1n) is 2.70. The Kier molecular flexibility index (Phi) is 1.92. The molecule has 0 amide bonds. The van der Waals surface area contributed by atoms with E-state index < -0.39 is 6.04 Å². The molecular weight excluding hydrogens is 132 g/mol. The van der Waals surface area contributed by atoms with E-state index >= 15 is 0 Å². The van der Waals surface area contributed by atoms with Gasteiger partial charge in [0.25, 0.3) is 0 Å². The Labute approximate surface area is 57.0 Å². The fourth-order valence-corrected chi connectivity index (χ4v) is 0.516. The summed E-state index contributed by atoms with van der Waals surface area (Å²) in [5.74, 6) is 0.376. The molecule has 0 aliphatic heterocycles. The zero-order valence-corrected chi connectivity index (χ0v) is 5.15. The molecule has 1 rings (SSSR count). The van der Waals surface area contributed by atoms with Crippen LogP contribution < -0.4 is 5.73 Å². The Morgan fingerprint density at radius 2 is 2.60 bits per heavy atom. The van der Waals surface area contributed by atoms with Gasteiger partial charge in [-0.15, -0.1) is 10.2 Å². The maximum absolute atomic E-state index is 8.22. The highest BCUT2D eigenvalue weighted by atomic mass is 15.5. The standard InChI is InChI=1S/C4H6N6/c5-2-1-3(6)4-7-9-10-8-4/h3H,1,6H2,(H,7,8,9,10)/t3-/m1/s1. The van der Waals surface area contributed by atoms with Gasteiger partial charge in [-0.3, -0.25) is 0 Å². The molecule has 3 N–H and O–H groups in total. The summed E-state index contributed by atoms with van der Waals surface area (Å²) in [5.41, 5.74) is 5.44. The molecule has 0 saturated heterocycles. The molecular formula is C4H6N6. The van der Waals surface area contributed by atoms with Crippen LogP contribution in [-0.2, 0) is 0 Å². The van der Waals surface area contributed by atoms with Crippen LogP contribution in [0.5, 0.6) is 0 Å². The monoisotopic (exact) mass is 138 g/mol. The third-order valence-corrected chi connectivity index (χ3v) is 1.00. The highest BCUT2D eigenvalue weighted by Crippen LogP contribution is 2.03. The summed E-state index contributed by atoms with van der Waals surface area (Å²) in [7, 11) is 0. The smallest absolute Gasteiger partial charge is 0.192 e. The maximum atomic E-state index is 8.22. The molecule has 0 saturated carbocycles. The Hall–Kier alpha value is -1.48. The number of rotatable bonds is 2. The van der Waals surface area contributed by atoms with Crippen molar-refractivity contribution in [1.82, 2.24) is 20.6 Å². The summed E-state index contributed by atoms with van der Waals surface area (Å²) in [6.45, 7) is 0. The number of aromatic nitrogens is 4. The number of aromatic amines is 1. The molecule has 1 aromatic heterocycles. The van der Waals surface area contributed by atoms with Gasteiger partial charge in [-0.1, -0.05) is 5.21 Å². The van der Waals surface area contributed by atoms with Crippen LogP contribution in [0.15, 0.2) is 0 Å². The molecule has 1 heterocycles. The predicted octanol–water partition coefficient (Wildman–Crippen LogP) is -0.887. The molecule has 0 aliphatic rings. The van der Waals surface area contributed by atoms with Crippen molar-refractivity contribution in [3.05, 3.63) is 5.82 Å². The quantitative estimate of drug-likeness (QED) is 0.551. The number of nitrogens with zero attached hydrogens (tertiary/aromatic N) is 4. The first kappa shape index (κ1) is 6.64. The third kappa shape index (κ3) is 1.27. The van der Waals surface area contributed by atoms with Crippen molar-refractivity contribution in [1.29, 1.82) is 5.26 Å². The lowest BCUT2D eigenvalue weighted by molar-refractivity contribution is 0.689. The van der Waals surface area contributed by atoms with Gasteiger partial charge in [-0.25, -0.2) is 0 Å². The van der Waals surface area contributed by atoms with Crippen LogP contribution in [0.2, 0.25) is 0 Å². The van der Waals surface area contributed by atoms with E-state index in [2.05, 4.69) is 20.6 Å². The molecule has 6 nitrogen and oxygen atoms in total. The number of tetrazole rings is 1. The summed E-state index contributed by atoms with van der Waals surface area (Å²) < 4.78 is 0. The van der Waals surface area contributed by atoms with Crippen LogP contribution in [0.3, 0.4) is 0 Å². The molecule has 0 spiro atoms. The van der Waals surface area contributed by atoms with E-state index in [1.807, 2.05) is 6.07 Å². The first-order chi connectivity index (χ1) is 4.84. The fourth-order valence-electron chi connectivity index (χ4n) is 0.516. The molecule has 0 fully saturated rings. The van der Waals surface area contributed by atoms with Gasteiger partial charge in [0.15, 0.2) is 5.82 Å². The Morgan fingerprint density at radius 1 is 1.80 bits per heavy atom. The van der Waals surface area contributed by atoms with Gasteiger partial charge in [0, 0.05) is 0 Å². The van der Waals surface area contributed by atoms with Crippen LogP contribution in [-0.4, -0.2) is 20.6 Å². The Balaban J connectivity index is 2.61. The lowest BCUT2D eigenvalue weighted by atomic mass is 10.2. The molecule has 6 heteroatoms. The van der Waals surface area contributed by atoms with E-state index in [1.165, 1.54) is 0 Å². The highest BCUT2D eigenvalue weighted by molar-refractivity contribution is 4.92. The van der Waals surface area contributed by atoms with Crippen molar-refractivity contribution in [3.63, 3.8) is 0 Å². The minimum Gasteiger partial charge on any atom is -0.320 e. The molecule has 0 radical (unpaired) electrons. The number of nitriles is 1. The molecule has 0 aromatic carbocycles. The second kappa shape index (κ2) is 2.89. The predicted molar refractivity (Wildman–Crippen MR) is 31.3 cm³/mol. The summed E-state index contributed by atoms with van der Waals surface area (Å²) >= 11 is 0. The number of nitrogens with one attached hydrogen (secondary N) is 1. The van der Waals surface area contributed by atoms with Gasteiger partial charge in [0.1, 0.15) is 0 Å². The molecule has 52 valence electrons. The van der Waals surface area contributed by atoms with Crippen molar-refractivity contribution in [3.8, 4) is 6.07 Å². The number of hydrogen-bond acceptors (Lipinski definition) is 5. The van der Waals surface area contributed by atoms with E-state index in [4.69, 9.17) is 11.0 Å². The van der Waals surface area contributed by atoms with Crippen molar-refractivity contribution in [2.75, 3.05) is 0 Å². The van der Waals surface area contributed by atoms with E-state index in [9.17, 15) is 0 Å². The van der Waals surface area contributed by atoms with Crippen LogP contribution >= 0.6 is 0 Å². The van der Waals surface area contributed by atoms with Crippen LogP contribution in [0.4, 0.5) is 0 Å². The number of hydrogen-bond donors (Lipinski definition) is 2. The number of nitrogens with two attached hydrogens (primary N) is 1. The second-order valence-corrected chi connectivity index (χ2v) is 1.74. The van der Waals surface area contributed by atoms with Crippen molar-refractivity contribution >= 4 is 0 Å². The first-order valence-corrected chi connectivity index (χ1v) is 2.70. The van der Waals surface area contributed by atoms with Gasteiger partial charge in [-0.05, 0) is 0 Å². The Bertz CT molecular complexity index is 220. The zero-order valence-electron chi connectivity index (χ0n) is 5.15. The summed E-state index contributed by atoms with van der Waals surface area (Å²) in [5, 5.41) is 21.0. The molecule has 1 atom stereocenters. The topological polar surface area (TPSA) is 104 Å². The van der Waals surface area contributed by atoms with E-state index in [0.29, 0.717) is 5.82 Å². The van der Waals surface area contributed by atoms with Gasteiger partial charge in [0.05, 0.1) is 18.5 Å². The summed E-state index contributed by atoms with van der Waals surface area (Å²) in [4.78, 5) is 0. The SMILES string of the molecule is N#CC[C@@H](N)c1nn[nH]n1. The van der Waals surface area contributed by atoms with Crippen molar-refractivity contribution in [2.45, 2.75) is 12.5 Å². The minimum absolute atomic E-state index is 0.208. The average molecular weight is 138 g/mol. The lowest BCUT2D eigenvalue weighted by Gasteiger charge is -1.96. The van der Waals surface area contributed by atoms with Gasteiger partial charge in [-0.2, -0.15) is 10.5 Å². The fraction of sp³-hybridized carbons (Fsp3) is 0.500. The number of H-pyrrole nitrogens is 1. The zero-order chi connectivity index (χ0) is 7.40. The van der Waals surface area contributed by atoms with Crippen molar-refractivity contribution < 1.29 is 0 Å². The van der Waals surface area contributed by atoms with Crippen LogP contribution in [0, 0.1) is 11.3 Å². The highest BCUT2D eigenvalue weighted by Gasteiger charge is 2.08. The van der Waals surface area contributed by atoms with Crippen molar-refractivity contribution in [2.24, 2.45) is 5.73 Å². The van der Waals surface area contributed by atoms with E-state index in [0.717, 1.165) is 0 Å². The van der Waals surface area contributed by atoms with Crippen LogP contribution in [0.1, 0.15) is 18.3 Å². The Morgan fingerprint density at radius 3 is 3.10 bits per heavy atom. The normalized spacial score (nSPS) is 12.4. The molecule has 1 aromatic rings. The average Bonchev–Trinajstić information content (AvgIpc) is 2.38. The van der Waals surface area contributed by atoms with E-state index in [1.54, 1.807) is 0 Å². The van der Waals surface area contributed by atoms with Gasteiger partial charge in [0.2, 0.25) is 0 Å². The van der Waals surface area contributed by atoms with Gasteiger partial charge < -0.3 is 5.73 Å². The molecule has 10 heavy (non-hydrogen) atoms. The lowest BCUT2D eigenvalue weighted by Crippen LogP contribution is -2.11. The minimum atomic E-state index is -0.427. The summed E-state index contributed by atoms with van der Waals surface area (Å²) in [6.07, 6.45) is 0.208.